The summed E-state index contributed by atoms with van der Waals surface area (Å²) in [6, 6.07) is 74.6. The SMILES string of the molecule is Cc1cc(-c2ccccc2)nn1[BH-](n1nc(-c2ccccc2)cc1C)n1nc(-c2ccccc2)cc1C.Cc1cc(-c2ccccc2)nn1[BH-](n1nc(-c2ccccc2)cc1C)n1nc(-c2ccccc2)cc1C.[Ni+2]. The first-order valence-electron chi connectivity index (χ1n) is 25.2. The van der Waals surface area contributed by atoms with Crippen molar-refractivity contribution < 1.29 is 16.5 Å². The molecule has 15 heteroatoms. The maximum Gasteiger partial charge on any atom is 2.00 e. The molecule has 0 fully saturated rings. The van der Waals surface area contributed by atoms with Crippen LogP contribution < -0.4 is 0 Å². The monoisotopic (exact) mass is 1020 g/mol. The van der Waals surface area contributed by atoms with Crippen molar-refractivity contribution in [2.24, 2.45) is 0 Å². The molecular formula is C60H56B2N12Ni. The summed E-state index contributed by atoms with van der Waals surface area (Å²) in [6.07, 6.45) is 0. The molecule has 0 amide bonds. The summed E-state index contributed by atoms with van der Waals surface area (Å²) >= 11 is 0. The maximum absolute atomic E-state index is 5.11. The third-order valence-corrected chi connectivity index (χ3v) is 13.9. The van der Waals surface area contributed by atoms with Gasteiger partial charge in [-0.05, 0) is 112 Å². The molecule has 0 spiro atoms. The van der Waals surface area contributed by atoms with Crippen LogP contribution in [0.1, 0.15) is 34.2 Å². The minimum Gasteiger partial charge on any atom is -0.400 e. The number of benzene rings is 6. The Hall–Kier alpha value is -8.80. The number of rotatable bonds is 12. The minimum absolute atomic E-state index is 0. The fraction of sp³-hybridized carbons (Fsp3) is 0.100. The molecule has 0 aliphatic rings. The number of hydrogen-bond donors (Lipinski definition) is 0. The van der Waals surface area contributed by atoms with Crippen molar-refractivity contribution in [3.8, 4) is 67.5 Å². The van der Waals surface area contributed by atoms with Crippen molar-refractivity contribution in [1.82, 2.24) is 58.1 Å². The maximum atomic E-state index is 5.11. The topological polar surface area (TPSA) is 107 Å². The number of hydrogen-bond acceptors (Lipinski definition) is 6. The van der Waals surface area contributed by atoms with Crippen molar-refractivity contribution in [3.63, 3.8) is 0 Å². The summed E-state index contributed by atoms with van der Waals surface area (Å²) in [5.41, 5.74) is 18.6. The van der Waals surface area contributed by atoms with E-state index in [2.05, 4.69) is 178 Å². The van der Waals surface area contributed by atoms with E-state index in [1.807, 2.05) is 109 Å². The van der Waals surface area contributed by atoms with Crippen molar-refractivity contribution >= 4 is 14.2 Å². The number of aryl methyl sites for hydroxylation is 6. The molecule has 0 saturated heterocycles. The molecule has 372 valence electrons. The van der Waals surface area contributed by atoms with E-state index in [1.54, 1.807) is 0 Å². The quantitative estimate of drug-likeness (QED) is 0.113. The molecule has 75 heavy (non-hydrogen) atoms. The van der Waals surface area contributed by atoms with Crippen LogP contribution in [0.5, 0.6) is 0 Å². The zero-order valence-corrected chi connectivity index (χ0v) is 43.9. The summed E-state index contributed by atoms with van der Waals surface area (Å²) in [5.74, 6) is 0. The largest absolute Gasteiger partial charge is 2.00 e. The molecule has 6 aromatic carbocycles. The Morgan fingerprint density at radius 2 is 0.360 bits per heavy atom. The van der Waals surface area contributed by atoms with Gasteiger partial charge in [0.15, 0.2) is 0 Å². The summed E-state index contributed by atoms with van der Waals surface area (Å²) < 4.78 is 12.6. The first-order valence-corrected chi connectivity index (χ1v) is 25.2. The van der Waals surface area contributed by atoms with E-state index < -0.39 is 14.2 Å². The van der Waals surface area contributed by atoms with Crippen LogP contribution in [-0.2, 0) is 16.5 Å². The minimum atomic E-state index is -1.55. The van der Waals surface area contributed by atoms with Gasteiger partial charge in [0.1, 0.15) is 0 Å². The summed E-state index contributed by atoms with van der Waals surface area (Å²) in [4.78, 5) is 0. The van der Waals surface area contributed by atoms with Crippen molar-refractivity contribution in [2.45, 2.75) is 41.5 Å². The van der Waals surface area contributed by atoms with Gasteiger partial charge < -0.3 is 27.6 Å². The molecule has 0 aliphatic carbocycles. The van der Waals surface area contributed by atoms with Gasteiger partial charge >= 0.3 is 30.7 Å². The molecular weight excluding hydrogens is 969 g/mol. The Bertz CT molecular complexity index is 3160. The zero-order chi connectivity index (χ0) is 50.7. The van der Waals surface area contributed by atoms with Gasteiger partial charge in [0.25, 0.3) is 0 Å². The van der Waals surface area contributed by atoms with Crippen LogP contribution in [0.3, 0.4) is 0 Å². The third-order valence-electron chi connectivity index (χ3n) is 13.9. The van der Waals surface area contributed by atoms with E-state index in [-0.39, 0.29) is 16.5 Å². The smallest absolute Gasteiger partial charge is 0.400 e. The second kappa shape index (κ2) is 21.7. The van der Waals surface area contributed by atoms with E-state index in [0.29, 0.717) is 0 Å². The van der Waals surface area contributed by atoms with E-state index >= 15 is 0 Å². The second-order valence-corrected chi connectivity index (χ2v) is 19.1. The van der Waals surface area contributed by atoms with Crippen LogP contribution in [0, 0.1) is 41.5 Å². The van der Waals surface area contributed by atoms with Crippen LogP contribution >= 0.6 is 0 Å². The molecule has 6 heterocycles. The predicted molar refractivity (Wildman–Crippen MR) is 301 cm³/mol. The van der Waals surface area contributed by atoms with Gasteiger partial charge in [0.05, 0.1) is 34.2 Å². The number of nitrogens with zero attached hydrogens (tertiary/aromatic N) is 12. The molecule has 0 unspecified atom stereocenters. The van der Waals surface area contributed by atoms with E-state index in [4.69, 9.17) is 30.6 Å². The molecule has 6 aromatic heterocycles. The van der Waals surface area contributed by atoms with Gasteiger partial charge in [-0.25, -0.2) is 30.6 Å². The Kier molecular flexibility index (Phi) is 14.4. The molecule has 12 nitrogen and oxygen atoms in total. The average molecular weight is 1030 g/mol. The predicted octanol–water partition coefficient (Wildman–Crippen LogP) is 11.7. The molecule has 12 aromatic rings. The Morgan fingerprint density at radius 3 is 0.493 bits per heavy atom. The van der Waals surface area contributed by atoms with E-state index in [1.165, 1.54) is 0 Å². The van der Waals surface area contributed by atoms with Crippen LogP contribution in [0.2, 0.25) is 0 Å². The van der Waals surface area contributed by atoms with Crippen molar-refractivity contribution in [3.05, 3.63) is 253 Å². The fourth-order valence-electron chi connectivity index (χ4n) is 10.0. The average Bonchev–Trinajstić information content (AvgIpc) is 4.33. The van der Waals surface area contributed by atoms with Crippen LogP contribution in [0.4, 0.5) is 0 Å². The van der Waals surface area contributed by atoms with Gasteiger partial charge in [-0.1, -0.05) is 182 Å². The Morgan fingerprint density at radius 1 is 0.227 bits per heavy atom. The van der Waals surface area contributed by atoms with Gasteiger partial charge in [0.2, 0.25) is 0 Å². The molecule has 0 N–H and O–H groups in total. The van der Waals surface area contributed by atoms with Crippen LogP contribution in [-0.4, -0.2) is 72.4 Å². The molecule has 0 atom stereocenters. The molecule has 0 saturated carbocycles. The Balaban J connectivity index is 0.000000169. The molecule has 0 aliphatic heterocycles. The van der Waals surface area contributed by atoms with E-state index in [0.717, 1.165) is 102 Å². The zero-order valence-electron chi connectivity index (χ0n) is 42.9. The Labute approximate surface area is 448 Å². The van der Waals surface area contributed by atoms with Gasteiger partial charge in [-0.15, -0.1) is 0 Å². The summed E-state index contributed by atoms with van der Waals surface area (Å²) in [7, 11) is -3.11. The van der Waals surface area contributed by atoms with Gasteiger partial charge in [-0.2, -0.15) is 0 Å². The molecule has 12 rings (SSSR count). The van der Waals surface area contributed by atoms with Crippen molar-refractivity contribution in [1.29, 1.82) is 0 Å². The first-order chi connectivity index (χ1) is 36.2. The molecule has 0 radical (unpaired) electrons. The van der Waals surface area contributed by atoms with E-state index in [9.17, 15) is 0 Å². The first kappa shape index (κ1) is 49.8. The third kappa shape index (κ3) is 10.3. The summed E-state index contributed by atoms with van der Waals surface area (Å²) in [5, 5.41) is 30.7. The second-order valence-electron chi connectivity index (χ2n) is 19.1. The fourth-order valence-corrected chi connectivity index (χ4v) is 10.0. The standard InChI is InChI=1S/2C30H28BN6.Ni/c2*1-22-19-28(25-13-7-4-8-14-25)32-35(22)31(36-23(2)20-29(33-36)26-15-9-5-10-16-26)37-24(3)21-30(34-37)27-17-11-6-12-18-27;/h2*4-21,31H,1-3H3;/q2*-1;+2. The molecule has 0 bridgehead atoms. The van der Waals surface area contributed by atoms with Gasteiger partial charge in [0, 0.05) is 33.4 Å². The summed E-state index contributed by atoms with van der Waals surface area (Å²) in [6.45, 7) is 12.6. The van der Waals surface area contributed by atoms with Gasteiger partial charge in [-0.3, -0.25) is 0 Å². The normalized spacial score (nSPS) is 11.2. The number of aromatic nitrogens is 12. The van der Waals surface area contributed by atoms with Crippen LogP contribution in [0.15, 0.2) is 218 Å². The van der Waals surface area contributed by atoms with Crippen molar-refractivity contribution in [2.75, 3.05) is 0 Å². The van der Waals surface area contributed by atoms with Crippen LogP contribution in [0.25, 0.3) is 67.5 Å².